The third-order valence-corrected chi connectivity index (χ3v) is 3.49. The minimum absolute atomic E-state index is 0.537. The molecule has 4 heteroatoms. The van der Waals surface area contributed by atoms with E-state index in [4.69, 9.17) is 4.74 Å². The van der Waals surface area contributed by atoms with Gasteiger partial charge in [0.15, 0.2) is 0 Å². The van der Waals surface area contributed by atoms with E-state index in [1.54, 1.807) is 11.3 Å². The van der Waals surface area contributed by atoms with Gasteiger partial charge >= 0.3 is 0 Å². The Balaban J connectivity index is 1.91. The lowest BCUT2D eigenvalue weighted by molar-refractivity contribution is 0.271. The first-order chi connectivity index (χ1) is 9.13. The fourth-order valence-electron chi connectivity index (χ4n) is 1.62. The monoisotopic (exact) mass is 276 g/mol. The topological polar surface area (TPSA) is 34.1 Å². The molecule has 0 unspecified atom stereocenters. The van der Waals surface area contributed by atoms with Crippen LogP contribution in [-0.4, -0.2) is 11.6 Å². The van der Waals surface area contributed by atoms with Crippen LogP contribution in [0.15, 0.2) is 29.6 Å². The molecule has 0 spiro atoms. The molecule has 0 saturated heterocycles. The molecule has 0 atom stereocenters. The first kappa shape index (κ1) is 13.9. The summed E-state index contributed by atoms with van der Waals surface area (Å²) in [5, 5.41) is 6.54. The second kappa shape index (κ2) is 6.57. The van der Waals surface area contributed by atoms with Gasteiger partial charge in [0.25, 0.3) is 0 Å². The molecular formula is C15H20N2OS. The first-order valence-corrected chi connectivity index (χ1v) is 7.39. The van der Waals surface area contributed by atoms with E-state index in [1.165, 1.54) is 0 Å². The van der Waals surface area contributed by atoms with Crippen molar-refractivity contribution in [3.63, 3.8) is 0 Å². The van der Waals surface area contributed by atoms with E-state index in [0.717, 1.165) is 35.3 Å². The second-order valence-electron chi connectivity index (χ2n) is 4.97. The van der Waals surface area contributed by atoms with Gasteiger partial charge in [0.05, 0.1) is 13.2 Å². The van der Waals surface area contributed by atoms with Crippen molar-refractivity contribution in [2.24, 2.45) is 5.92 Å². The number of ether oxygens (including phenoxy) is 1. The molecule has 2 aromatic rings. The van der Waals surface area contributed by atoms with Crippen LogP contribution in [0.25, 0.3) is 0 Å². The Morgan fingerprint density at radius 3 is 2.89 bits per heavy atom. The normalized spacial score (nSPS) is 10.7. The number of nitrogens with zero attached hydrogens (tertiary/aromatic N) is 1. The maximum Gasteiger partial charge on any atom is 0.121 e. The van der Waals surface area contributed by atoms with Gasteiger partial charge in [0.1, 0.15) is 10.8 Å². The Kier molecular flexibility index (Phi) is 4.80. The highest BCUT2D eigenvalue weighted by Gasteiger charge is 2.01. The Labute approximate surface area is 118 Å². The fourth-order valence-corrected chi connectivity index (χ4v) is 2.33. The molecule has 1 heterocycles. The van der Waals surface area contributed by atoms with Crippen LogP contribution in [0.5, 0.6) is 5.75 Å². The number of benzene rings is 1. The van der Waals surface area contributed by atoms with E-state index in [1.807, 2.05) is 31.2 Å². The van der Waals surface area contributed by atoms with Gasteiger partial charge in [0, 0.05) is 22.8 Å². The smallest absolute Gasteiger partial charge is 0.121 e. The highest BCUT2D eigenvalue weighted by molar-refractivity contribution is 7.09. The van der Waals surface area contributed by atoms with Crippen LogP contribution in [0.4, 0.5) is 5.69 Å². The van der Waals surface area contributed by atoms with Crippen LogP contribution in [-0.2, 0) is 6.54 Å². The van der Waals surface area contributed by atoms with Crippen molar-refractivity contribution in [3.05, 3.63) is 40.3 Å². The van der Waals surface area contributed by atoms with Crippen LogP contribution in [0.2, 0.25) is 0 Å². The van der Waals surface area contributed by atoms with Crippen molar-refractivity contribution in [1.29, 1.82) is 0 Å². The molecule has 19 heavy (non-hydrogen) atoms. The average molecular weight is 276 g/mol. The van der Waals surface area contributed by atoms with Crippen molar-refractivity contribution in [3.8, 4) is 5.75 Å². The molecule has 0 amide bonds. The second-order valence-corrected chi connectivity index (χ2v) is 5.91. The third-order valence-electron chi connectivity index (χ3n) is 2.53. The van der Waals surface area contributed by atoms with E-state index in [0.29, 0.717) is 5.92 Å². The highest BCUT2D eigenvalue weighted by Crippen LogP contribution is 2.19. The largest absolute Gasteiger partial charge is 0.493 e. The number of anilines is 1. The highest BCUT2D eigenvalue weighted by atomic mass is 32.1. The summed E-state index contributed by atoms with van der Waals surface area (Å²) in [7, 11) is 0. The zero-order chi connectivity index (χ0) is 13.7. The summed E-state index contributed by atoms with van der Waals surface area (Å²) in [6.45, 7) is 7.81. The van der Waals surface area contributed by atoms with Crippen LogP contribution in [0, 0.1) is 12.8 Å². The molecule has 1 aromatic carbocycles. The average Bonchev–Trinajstić information content (AvgIpc) is 2.80. The van der Waals surface area contributed by atoms with Crippen molar-refractivity contribution in [1.82, 2.24) is 4.98 Å². The van der Waals surface area contributed by atoms with Crippen LogP contribution in [0.1, 0.15) is 24.5 Å². The third kappa shape index (κ3) is 4.56. The van der Waals surface area contributed by atoms with E-state index >= 15 is 0 Å². The Bertz CT molecular complexity index is 522. The molecule has 2 rings (SSSR count). The Morgan fingerprint density at radius 2 is 2.21 bits per heavy atom. The van der Waals surface area contributed by atoms with Gasteiger partial charge in [0.2, 0.25) is 0 Å². The lowest BCUT2D eigenvalue weighted by atomic mass is 10.2. The van der Waals surface area contributed by atoms with Crippen molar-refractivity contribution < 1.29 is 4.74 Å². The number of rotatable bonds is 6. The van der Waals surface area contributed by atoms with Gasteiger partial charge in [-0.3, -0.25) is 0 Å². The molecule has 0 fully saturated rings. The molecule has 0 aliphatic heterocycles. The minimum Gasteiger partial charge on any atom is -0.493 e. The molecular weight excluding hydrogens is 256 g/mol. The zero-order valence-electron chi connectivity index (χ0n) is 11.6. The van der Waals surface area contributed by atoms with Gasteiger partial charge in [-0.1, -0.05) is 19.9 Å². The first-order valence-electron chi connectivity index (χ1n) is 6.51. The maximum absolute atomic E-state index is 5.71. The fraction of sp³-hybridized carbons (Fsp3) is 0.400. The molecule has 0 radical (unpaired) electrons. The molecule has 1 N–H and O–H groups in total. The van der Waals surface area contributed by atoms with Gasteiger partial charge in [-0.15, -0.1) is 11.3 Å². The van der Waals surface area contributed by atoms with Crippen molar-refractivity contribution in [2.45, 2.75) is 27.3 Å². The lowest BCUT2D eigenvalue weighted by Crippen LogP contribution is -2.05. The summed E-state index contributed by atoms with van der Waals surface area (Å²) >= 11 is 1.68. The number of hydrogen-bond donors (Lipinski definition) is 1. The van der Waals surface area contributed by atoms with Crippen LogP contribution < -0.4 is 10.1 Å². The number of nitrogens with one attached hydrogen (secondary N) is 1. The van der Waals surface area contributed by atoms with E-state index < -0.39 is 0 Å². The number of thiazole rings is 1. The number of hydrogen-bond acceptors (Lipinski definition) is 4. The zero-order valence-corrected chi connectivity index (χ0v) is 12.5. The lowest BCUT2D eigenvalue weighted by Gasteiger charge is -2.10. The predicted octanol–water partition coefficient (Wildman–Crippen LogP) is 4.10. The molecule has 3 nitrogen and oxygen atoms in total. The van der Waals surface area contributed by atoms with Crippen LogP contribution in [0.3, 0.4) is 0 Å². The predicted molar refractivity (Wildman–Crippen MR) is 81.0 cm³/mol. The summed E-state index contributed by atoms with van der Waals surface area (Å²) in [5.41, 5.74) is 2.14. The van der Waals surface area contributed by atoms with Gasteiger partial charge in [-0.2, -0.15) is 0 Å². The summed E-state index contributed by atoms with van der Waals surface area (Å²) in [6.07, 6.45) is 0. The Hall–Kier alpha value is -1.55. The molecule has 0 bridgehead atoms. The van der Waals surface area contributed by atoms with Gasteiger partial charge in [-0.05, 0) is 25.0 Å². The van der Waals surface area contributed by atoms with Gasteiger partial charge < -0.3 is 10.1 Å². The molecule has 0 aliphatic carbocycles. The maximum atomic E-state index is 5.71. The summed E-state index contributed by atoms with van der Waals surface area (Å²) in [6, 6.07) is 8.07. The molecule has 1 aromatic heterocycles. The van der Waals surface area contributed by atoms with E-state index in [-0.39, 0.29) is 0 Å². The SMILES string of the molecule is Cc1csc(CNc2cccc(OCC(C)C)c2)n1. The summed E-state index contributed by atoms with van der Waals surface area (Å²) in [5.74, 6) is 1.45. The molecule has 0 aliphatic rings. The van der Waals surface area contributed by atoms with Crippen molar-refractivity contribution in [2.75, 3.05) is 11.9 Å². The molecule has 0 saturated carbocycles. The number of aryl methyl sites for hydroxylation is 1. The summed E-state index contributed by atoms with van der Waals surface area (Å²) in [4.78, 5) is 4.43. The molecule has 102 valence electrons. The number of aromatic nitrogens is 1. The van der Waals surface area contributed by atoms with Crippen molar-refractivity contribution >= 4 is 17.0 Å². The summed E-state index contributed by atoms with van der Waals surface area (Å²) < 4.78 is 5.71. The quantitative estimate of drug-likeness (QED) is 0.862. The van der Waals surface area contributed by atoms with E-state index in [2.05, 4.69) is 29.5 Å². The van der Waals surface area contributed by atoms with Gasteiger partial charge in [-0.25, -0.2) is 4.98 Å². The Morgan fingerprint density at radius 1 is 1.37 bits per heavy atom. The minimum atomic E-state index is 0.537. The standard InChI is InChI=1S/C15H20N2OS/c1-11(2)9-18-14-6-4-5-13(7-14)16-8-15-17-12(3)10-19-15/h4-7,10-11,16H,8-9H2,1-3H3. The van der Waals surface area contributed by atoms with E-state index in [9.17, 15) is 0 Å². The van der Waals surface area contributed by atoms with Crippen LogP contribution >= 0.6 is 11.3 Å².